The highest BCUT2D eigenvalue weighted by molar-refractivity contribution is 8.00. The Bertz CT molecular complexity index is 1530. The fourth-order valence-corrected chi connectivity index (χ4v) is 8.62. The van der Waals surface area contributed by atoms with Crippen molar-refractivity contribution < 1.29 is 38.1 Å². The molecular formula is C40H58N6O8S. The highest BCUT2D eigenvalue weighted by atomic mass is 32.2. The lowest BCUT2D eigenvalue weighted by molar-refractivity contribution is -0.133. The molecule has 15 heteroatoms. The summed E-state index contributed by atoms with van der Waals surface area (Å²) in [5, 5.41) is 12.9. The SMILES string of the molecule is NC(=O)c1cccc(-c2ccccc2NCC2CCN(C(=O)CCOCCOCCOCCOCCNC(=O)CCCC[C@H]3SC[C@H]4NC(=O)N[C@H]43)CC2)c1. The molecule has 5 amide bonds. The Kier molecular flexibility index (Phi) is 17.9. The number of thioether (sulfide) groups is 1. The van der Waals surface area contributed by atoms with E-state index in [4.69, 9.17) is 24.7 Å². The van der Waals surface area contributed by atoms with E-state index >= 15 is 0 Å². The molecule has 0 aromatic heterocycles. The number of hydrogen-bond donors (Lipinski definition) is 5. The van der Waals surface area contributed by atoms with Crippen LogP contribution in [0.3, 0.4) is 0 Å². The van der Waals surface area contributed by atoms with Gasteiger partial charge in [-0.3, -0.25) is 14.4 Å². The van der Waals surface area contributed by atoms with Crippen LogP contribution in [0.1, 0.15) is 55.3 Å². The van der Waals surface area contributed by atoms with Crippen LogP contribution in [0, 0.1) is 5.92 Å². The number of fused-ring (bicyclic) bond motifs is 1. The first-order valence-electron chi connectivity index (χ1n) is 19.6. The average Bonchev–Trinajstić information content (AvgIpc) is 3.76. The molecule has 3 aliphatic rings. The van der Waals surface area contributed by atoms with Gasteiger partial charge in [0.05, 0.1) is 71.4 Å². The quantitative estimate of drug-likeness (QED) is 0.0740. The Morgan fingerprint density at radius 3 is 2.29 bits per heavy atom. The van der Waals surface area contributed by atoms with Gasteiger partial charge in [-0.05, 0) is 55.4 Å². The summed E-state index contributed by atoms with van der Waals surface area (Å²) < 4.78 is 22.2. The highest BCUT2D eigenvalue weighted by Gasteiger charge is 2.42. The van der Waals surface area contributed by atoms with Crippen LogP contribution in [-0.4, -0.2) is 131 Å². The number of nitrogens with one attached hydrogen (secondary N) is 4. The molecule has 14 nitrogen and oxygen atoms in total. The largest absolute Gasteiger partial charge is 0.384 e. The molecule has 3 aliphatic heterocycles. The zero-order chi connectivity index (χ0) is 38.7. The number of urea groups is 1. The van der Waals surface area contributed by atoms with Crippen LogP contribution in [0.2, 0.25) is 0 Å². The molecular weight excluding hydrogens is 725 g/mol. The molecule has 302 valence electrons. The highest BCUT2D eigenvalue weighted by Crippen LogP contribution is 2.33. The van der Waals surface area contributed by atoms with Gasteiger partial charge >= 0.3 is 6.03 Å². The number of carbonyl (C=O) groups is 4. The number of carbonyl (C=O) groups excluding carboxylic acids is 4. The molecule has 5 rings (SSSR count). The number of primary amides is 1. The van der Waals surface area contributed by atoms with Gasteiger partial charge in [0.25, 0.3) is 0 Å². The number of para-hydroxylation sites is 1. The first kappa shape index (κ1) is 42.3. The zero-order valence-corrected chi connectivity index (χ0v) is 32.6. The maximum atomic E-state index is 12.7. The molecule has 0 saturated carbocycles. The van der Waals surface area contributed by atoms with E-state index in [1.807, 2.05) is 59.1 Å². The van der Waals surface area contributed by atoms with E-state index in [-0.39, 0.29) is 29.9 Å². The molecule has 0 unspecified atom stereocenters. The Morgan fingerprint density at radius 1 is 0.836 bits per heavy atom. The third-order valence-corrected chi connectivity index (χ3v) is 11.7. The minimum atomic E-state index is -0.445. The molecule has 6 N–H and O–H groups in total. The van der Waals surface area contributed by atoms with Crippen LogP contribution in [0.15, 0.2) is 48.5 Å². The molecule has 0 aliphatic carbocycles. The van der Waals surface area contributed by atoms with Gasteiger partial charge in [0.2, 0.25) is 17.7 Å². The number of benzene rings is 2. The molecule has 2 aromatic carbocycles. The van der Waals surface area contributed by atoms with Crippen LogP contribution in [0.4, 0.5) is 10.5 Å². The Balaban J connectivity index is 0.781. The second-order valence-electron chi connectivity index (χ2n) is 14.1. The lowest BCUT2D eigenvalue weighted by Crippen LogP contribution is -2.40. The van der Waals surface area contributed by atoms with Crippen molar-refractivity contribution >= 4 is 41.2 Å². The van der Waals surface area contributed by atoms with E-state index < -0.39 is 5.91 Å². The number of amides is 5. The van der Waals surface area contributed by atoms with Gasteiger partial charge in [0, 0.05) is 60.4 Å². The molecule has 3 saturated heterocycles. The number of ether oxygens (including phenoxy) is 4. The number of hydrogen-bond acceptors (Lipinski definition) is 10. The van der Waals surface area contributed by atoms with Gasteiger partial charge in [0.15, 0.2) is 0 Å². The van der Waals surface area contributed by atoms with Gasteiger partial charge in [-0.25, -0.2) is 4.79 Å². The summed E-state index contributed by atoms with van der Waals surface area (Å²) in [6.45, 7) is 6.20. The summed E-state index contributed by atoms with van der Waals surface area (Å²) in [4.78, 5) is 49.9. The molecule has 0 radical (unpaired) electrons. The molecule has 0 spiro atoms. The van der Waals surface area contributed by atoms with Crippen LogP contribution < -0.4 is 27.0 Å². The second-order valence-corrected chi connectivity index (χ2v) is 15.4. The summed E-state index contributed by atoms with van der Waals surface area (Å²) in [5.41, 5.74) is 8.93. The van der Waals surface area contributed by atoms with Crippen molar-refractivity contribution in [3.05, 3.63) is 54.1 Å². The number of nitrogens with two attached hydrogens (primary N) is 1. The summed E-state index contributed by atoms with van der Waals surface area (Å²) >= 11 is 1.90. The normalized spacial score (nSPS) is 19.5. The van der Waals surface area contributed by atoms with E-state index in [1.54, 1.807) is 6.07 Å². The molecule has 3 atom stereocenters. The first-order chi connectivity index (χ1) is 26.9. The van der Waals surface area contributed by atoms with Crippen molar-refractivity contribution in [2.45, 2.75) is 62.3 Å². The third-order valence-electron chi connectivity index (χ3n) is 10.2. The van der Waals surface area contributed by atoms with Crippen LogP contribution in [0.25, 0.3) is 11.1 Å². The number of anilines is 1. The predicted octanol–water partition coefficient (Wildman–Crippen LogP) is 3.40. The second kappa shape index (κ2) is 23.2. The van der Waals surface area contributed by atoms with Crippen molar-refractivity contribution in [2.75, 3.05) is 90.1 Å². The minimum absolute atomic E-state index is 0.0354. The van der Waals surface area contributed by atoms with E-state index in [0.717, 1.165) is 74.3 Å². The van der Waals surface area contributed by atoms with Crippen molar-refractivity contribution in [2.24, 2.45) is 11.7 Å². The average molecular weight is 783 g/mol. The fraction of sp³-hybridized carbons (Fsp3) is 0.600. The lowest BCUT2D eigenvalue weighted by Gasteiger charge is -2.32. The number of likely N-dealkylation sites (tertiary alicyclic amines) is 1. The smallest absolute Gasteiger partial charge is 0.315 e. The molecule has 3 heterocycles. The predicted molar refractivity (Wildman–Crippen MR) is 213 cm³/mol. The summed E-state index contributed by atoms with van der Waals surface area (Å²) in [6, 6.07) is 15.8. The lowest BCUT2D eigenvalue weighted by atomic mass is 9.95. The van der Waals surface area contributed by atoms with E-state index in [2.05, 4.69) is 21.3 Å². The Hall–Kier alpha value is -3.89. The van der Waals surface area contributed by atoms with Crippen molar-refractivity contribution in [3.63, 3.8) is 0 Å². The Morgan fingerprint density at radius 2 is 1.55 bits per heavy atom. The van der Waals surface area contributed by atoms with E-state index in [1.165, 1.54) is 0 Å². The fourth-order valence-electron chi connectivity index (χ4n) is 7.07. The third kappa shape index (κ3) is 14.3. The molecule has 0 bridgehead atoms. The van der Waals surface area contributed by atoms with Gasteiger partial charge in [0.1, 0.15) is 0 Å². The molecule has 3 fully saturated rings. The van der Waals surface area contributed by atoms with Crippen molar-refractivity contribution in [1.29, 1.82) is 0 Å². The minimum Gasteiger partial charge on any atom is -0.384 e. The first-order valence-corrected chi connectivity index (χ1v) is 20.7. The molecule has 2 aromatic rings. The van der Waals surface area contributed by atoms with E-state index in [0.29, 0.717) is 89.0 Å². The van der Waals surface area contributed by atoms with Crippen molar-refractivity contribution in [1.82, 2.24) is 20.9 Å². The van der Waals surface area contributed by atoms with Crippen LogP contribution in [0.5, 0.6) is 0 Å². The monoisotopic (exact) mass is 782 g/mol. The van der Waals surface area contributed by atoms with Gasteiger partial charge < -0.3 is 50.8 Å². The summed E-state index contributed by atoms with van der Waals surface area (Å²) in [6.07, 6.45) is 5.53. The van der Waals surface area contributed by atoms with E-state index in [9.17, 15) is 19.2 Å². The number of piperidine rings is 1. The molecule has 55 heavy (non-hydrogen) atoms. The number of nitrogens with zero attached hydrogens (tertiary/aromatic N) is 1. The number of rotatable bonds is 25. The van der Waals surface area contributed by atoms with Gasteiger partial charge in [-0.2, -0.15) is 11.8 Å². The van der Waals surface area contributed by atoms with Crippen LogP contribution in [-0.2, 0) is 28.5 Å². The standard InChI is InChI=1S/C40H58N6O8S/c41-39(49)31-7-5-6-30(26-31)32-8-1-2-9-33(32)43-27-29-12-16-46(17-13-29)37(48)14-18-51-20-22-53-24-25-54-23-21-52-19-15-42-36(47)11-4-3-10-35-38-34(28-55-35)44-40(50)45-38/h1-2,5-9,26,29,34-35,38,43H,3-4,10-25,27-28H2,(H2,41,49)(H,42,47)(H2,44,45,50)/t34-,35-,38-/m1/s1. The maximum absolute atomic E-state index is 12.7. The summed E-state index contributed by atoms with van der Waals surface area (Å²) in [7, 11) is 0. The Labute approximate surface area is 328 Å². The van der Waals surface area contributed by atoms with Gasteiger partial charge in [-0.15, -0.1) is 0 Å². The van der Waals surface area contributed by atoms with Crippen LogP contribution >= 0.6 is 11.8 Å². The number of unbranched alkanes of at least 4 members (excludes halogenated alkanes) is 1. The maximum Gasteiger partial charge on any atom is 0.315 e. The zero-order valence-electron chi connectivity index (χ0n) is 31.8. The summed E-state index contributed by atoms with van der Waals surface area (Å²) in [5.74, 6) is 1.12. The van der Waals surface area contributed by atoms with Crippen molar-refractivity contribution in [3.8, 4) is 11.1 Å². The van der Waals surface area contributed by atoms with Gasteiger partial charge in [-0.1, -0.05) is 36.8 Å². The topological polar surface area (TPSA) is 183 Å².